The number of ether oxygens (including phenoxy) is 2. The number of hydrogen-bond donors (Lipinski definition) is 2. The van der Waals surface area contributed by atoms with Gasteiger partial charge >= 0.3 is 12.1 Å². The lowest BCUT2D eigenvalue weighted by atomic mass is 10.2. The van der Waals surface area contributed by atoms with Gasteiger partial charge in [0.25, 0.3) is 0 Å². The van der Waals surface area contributed by atoms with Crippen LogP contribution in [-0.4, -0.2) is 30.2 Å². The second kappa shape index (κ2) is 7.52. The van der Waals surface area contributed by atoms with Crippen LogP contribution in [0.3, 0.4) is 0 Å². The molecule has 0 aliphatic rings. The fraction of sp³-hybridized carbons (Fsp3) is 0.727. The largest absolute Gasteiger partial charge is 0.466 e. The van der Waals surface area contributed by atoms with Crippen molar-refractivity contribution in [3.05, 3.63) is 0 Å². The summed E-state index contributed by atoms with van der Waals surface area (Å²) in [4.78, 5) is 33.4. The maximum Gasteiger partial charge on any atom is 0.426 e. The Morgan fingerprint density at radius 1 is 1.06 bits per heavy atom. The minimum Gasteiger partial charge on any atom is -0.466 e. The van der Waals surface area contributed by atoms with Gasteiger partial charge in [-0.2, -0.15) is 0 Å². The summed E-state index contributed by atoms with van der Waals surface area (Å²) in [7, 11) is 0. The number of nitrogens with one attached hydrogen (secondary N) is 2. The van der Waals surface area contributed by atoms with Crippen molar-refractivity contribution in [2.75, 3.05) is 6.61 Å². The van der Waals surface area contributed by atoms with Gasteiger partial charge in [-0.1, -0.05) is 0 Å². The molecule has 0 aromatic rings. The predicted octanol–water partition coefficient (Wildman–Crippen LogP) is 0.886. The summed E-state index contributed by atoms with van der Waals surface area (Å²) >= 11 is 0. The monoisotopic (exact) mass is 260 g/mol. The SMILES string of the molecule is CCOC(=O)CCC(=O)NNC(=O)OC(C)(C)C. The van der Waals surface area contributed by atoms with Crippen molar-refractivity contribution in [3.8, 4) is 0 Å². The van der Waals surface area contributed by atoms with E-state index in [1.807, 2.05) is 0 Å². The van der Waals surface area contributed by atoms with E-state index in [9.17, 15) is 14.4 Å². The molecule has 0 bridgehead atoms. The molecule has 7 heteroatoms. The fourth-order valence-electron chi connectivity index (χ4n) is 0.936. The van der Waals surface area contributed by atoms with Gasteiger partial charge in [0.15, 0.2) is 0 Å². The van der Waals surface area contributed by atoms with Gasteiger partial charge in [-0.05, 0) is 27.7 Å². The first kappa shape index (κ1) is 16.2. The zero-order valence-electron chi connectivity index (χ0n) is 11.2. The molecule has 7 nitrogen and oxygen atoms in total. The molecular formula is C11H20N2O5. The van der Waals surface area contributed by atoms with Crippen molar-refractivity contribution >= 4 is 18.0 Å². The third-order valence-corrected chi connectivity index (χ3v) is 1.56. The van der Waals surface area contributed by atoms with Crippen LogP contribution in [0.5, 0.6) is 0 Å². The van der Waals surface area contributed by atoms with E-state index in [2.05, 4.69) is 15.6 Å². The molecule has 18 heavy (non-hydrogen) atoms. The topological polar surface area (TPSA) is 93.7 Å². The van der Waals surface area contributed by atoms with Crippen LogP contribution in [-0.2, 0) is 19.1 Å². The predicted molar refractivity (Wildman–Crippen MR) is 63.4 cm³/mol. The van der Waals surface area contributed by atoms with Crippen LogP contribution in [0.25, 0.3) is 0 Å². The number of esters is 1. The Morgan fingerprint density at radius 2 is 1.67 bits per heavy atom. The van der Waals surface area contributed by atoms with Crippen molar-refractivity contribution in [1.82, 2.24) is 10.9 Å². The molecule has 0 aliphatic heterocycles. The summed E-state index contributed by atoms with van der Waals surface area (Å²) in [6.07, 6.45) is -0.850. The standard InChI is InChI=1S/C11H20N2O5/c1-5-17-9(15)7-6-8(14)12-13-10(16)18-11(2,3)4/h5-7H2,1-4H3,(H,12,14)(H,13,16). The Labute approximate surface area is 106 Å². The molecule has 0 rings (SSSR count). The summed E-state index contributed by atoms with van der Waals surface area (Å²) in [5, 5.41) is 0. The Kier molecular flexibility index (Phi) is 6.77. The third kappa shape index (κ3) is 9.44. The minimum absolute atomic E-state index is 0.0321. The molecule has 0 aliphatic carbocycles. The Balaban J connectivity index is 3.77. The van der Waals surface area contributed by atoms with Crippen LogP contribution in [0.1, 0.15) is 40.5 Å². The maximum absolute atomic E-state index is 11.2. The van der Waals surface area contributed by atoms with E-state index >= 15 is 0 Å². The van der Waals surface area contributed by atoms with E-state index in [1.54, 1.807) is 27.7 Å². The van der Waals surface area contributed by atoms with Gasteiger partial charge in [0.2, 0.25) is 5.91 Å². The van der Waals surface area contributed by atoms with Crippen molar-refractivity contribution in [2.24, 2.45) is 0 Å². The number of hydrazine groups is 1. The van der Waals surface area contributed by atoms with Crippen LogP contribution in [0.15, 0.2) is 0 Å². The summed E-state index contributed by atoms with van der Waals surface area (Å²) < 4.78 is 9.55. The number of hydrogen-bond acceptors (Lipinski definition) is 5. The van der Waals surface area contributed by atoms with Crippen molar-refractivity contribution in [3.63, 3.8) is 0 Å². The first-order valence-corrected chi connectivity index (χ1v) is 5.68. The number of carbonyl (C=O) groups excluding carboxylic acids is 3. The Hall–Kier alpha value is -1.79. The van der Waals surface area contributed by atoms with Gasteiger partial charge in [-0.15, -0.1) is 0 Å². The van der Waals surface area contributed by atoms with Crippen LogP contribution >= 0.6 is 0 Å². The number of rotatable bonds is 4. The molecule has 0 heterocycles. The number of amides is 2. The summed E-state index contributed by atoms with van der Waals surface area (Å²) in [6.45, 7) is 7.07. The zero-order chi connectivity index (χ0) is 14.2. The molecule has 2 amide bonds. The van der Waals surface area contributed by atoms with Gasteiger partial charge in [-0.25, -0.2) is 10.2 Å². The van der Waals surface area contributed by atoms with Gasteiger partial charge in [0.1, 0.15) is 5.60 Å². The third-order valence-electron chi connectivity index (χ3n) is 1.56. The zero-order valence-corrected chi connectivity index (χ0v) is 11.2. The Bertz CT molecular complexity index is 309. The second-order valence-electron chi connectivity index (χ2n) is 4.48. The van der Waals surface area contributed by atoms with Crippen LogP contribution in [0.2, 0.25) is 0 Å². The summed E-state index contributed by atoms with van der Waals surface area (Å²) in [6, 6.07) is 0. The molecule has 0 saturated heterocycles. The lowest BCUT2D eigenvalue weighted by molar-refractivity contribution is -0.144. The second-order valence-corrected chi connectivity index (χ2v) is 4.48. The maximum atomic E-state index is 11.2. The van der Waals surface area contributed by atoms with E-state index in [0.29, 0.717) is 0 Å². The van der Waals surface area contributed by atoms with Crippen molar-refractivity contribution in [2.45, 2.75) is 46.1 Å². The van der Waals surface area contributed by atoms with E-state index in [4.69, 9.17) is 4.74 Å². The van der Waals surface area contributed by atoms with Crippen molar-refractivity contribution < 1.29 is 23.9 Å². The molecule has 0 radical (unpaired) electrons. The minimum atomic E-state index is -0.757. The molecule has 0 atom stereocenters. The molecule has 2 N–H and O–H groups in total. The van der Waals surface area contributed by atoms with Crippen LogP contribution in [0.4, 0.5) is 4.79 Å². The fourth-order valence-corrected chi connectivity index (χ4v) is 0.936. The molecule has 0 fully saturated rings. The normalized spacial score (nSPS) is 10.4. The van der Waals surface area contributed by atoms with Crippen LogP contribution < -0.4 is 10.9 Å². The van der Waals surface area contributed by atoms with Gasteiger partial charge in [0.05, 0.1) is 13.0 Å². The van der Waals surface area contributed by atoms with E-state index in [1.165, 1.54) is 0 Å². The van der Waals surface area contributed by atoms with Gasteiger partial charge in [-0.3, -0.25) is 15.0 Å². The highest BCUT2D eigenvalue weighted by Gasteiger charge is 2.16. The summed E-state index contributed by atoms with van der Waals surface area (Å²) in [5.41, 5.74) is 3.57. The molecular weight excluding hydrogens is 240 g/mol. The van der Waals surface area contributed by atoms with Gasteiger partial charge in [0, 0.05) is 6.42 Å². The molecule has 0 aromatic heterocycles. The van der Waals surface area contributed by atoms with E-state index < -0.39 is 23.6 Å². The molecule has 0 unspecified atom stereocenters. The highest BCUT2D eigenvalue weighted by molar-refractivity contribution is 5.82. The molecule has 0 aromatic carbocycles. The highest BCUT2D eigenvalue weighted by atomic mass is 16.6. The summed E-state index contributed by atoms with van der Waals surface area (Å²) in [5.74, 6) is -0.946. The number of carbonyl (C=O) groups is 3. The first-order chi connectivity index (χ1) is 8.24. The van der Waals surface area contributed by atoms with E-state index in [-0.39, 0.29) is 19.4 Å². The Morgan fingerprint density at radius 3 is 2.17 bits per heavy atom. The molecule has 0 saturated carbocycles. The average molecular weight is 260 g/mol. The van der Waals surface area contributed by atoms with Crippen LogP contribution in [0, 0.1) is 0 Å². The van der Waals surface area contributed by atoms with E-state index in [0.717, 1.165) is 0 Å². The van der Waals surface area contributed by atoms with Crippen molar-refractivity contribution in [1.29, 1.82) is 0 Å². The quantitative estimate of drug-likeness (QED) is 0.578. The lowest BCUT2D eigenvalue weighted by Crippen LogP contribution is -2.44. The lowest BCUT2D eigenvalue weighted by Gasteiger charge is -2.19. The molecule has 104 valence electrons. The first-order valence-electron chi connectivity index (χ1n) is 5.68. The highest BCUT2D eigenvalue weighted by Crippen LogP contribution is 2.05. The average Bonchev–Trinajstić information content (AvgIpc) is 2.21. The van der Waals surface area contributed by atoms with Gasteiger partial charge < -0.3 is 9.47 Å². The molecule has 0 spiro atoms. The smallest absolute Gasteiger partial charge is 0.426 e.